The van der Waals surface area contributed by atoms with Gasteiger partial charge in [-0.25, -0.2) is 0 Å². The predicted octanol–water partition coefficient (Wildman–Crippen LogP) is 1.14. The number of amides is 1. The highest BCUT2D eigenvalue weighted by Gasteiger charge is 2.26. The highest BCUT2D eigenvalue weighted by atomic mass is 16.5. The minimum atomic E-state index is -0.157. The molecular formula is C16H19NO3. The lowest BCUT2D eigenvalue weighted by Gasteiger charge is -2.16. The summed E-state index contributed by atoms with van der Waals surface area (Å²) in [6.07, 6.45) is 1.000. The van der Waals surface area contributed by atoms with E-state index in [9.17, 15) is 4.79 Å². The van der Waals surface area contributed by atoms with E-state index in [1.54, 1.807) is 31.4 Å². The number of nitrogens with zero attached hydrogens (tertiary/aromatic N) is 1. The Kier molecular flexibility index (Phi) is 5.16. The molecule has 2 rings (SSSR count). The lowest BCUT2D eigenvalue weighted by molar-refractivity contribution is 0.0775. The van der Waals surface area contributed by atoms with Crippen molar-refractivity contribution in [2.75, 3.05) is 33.4 Å². The fourth-order valence-electron chi connectivity index (χ4n) is 2.41. The number of hydrogen-bond donors (Lipinski definition) is 1. The van der Waals surface area contributed by atoms with E-state index in [1.807, 2.05) is 4.90 Å². The van der Waals surface area contributed by atoms with Crippen LogP contribution in [0.25, 0.3) is 0 Å². The van der Waals surface area contributed by atoms with E-state index in [-0.39, 0.29) is 12.5 Å². The number of rotatable bonds is 3. The SMILES string of the molecule is COCC1CCN(C(=O)c2ccc(C#CCO)cc2)C1. The monoisotopic (exact) mass is 273 g/mol. The van der Waals surface area contributed by atoms with Crippen LogP contribution in [-0.4, -0.2) is 49.3 Å². The average molecular weight is 273 g/mol. The molecule has 0 spiro atoms. The third kappa shape index (κ3) is 3.60. The lowest BCUT2D eigenvalue weighted by atomic mass is 10.1. The molecule has 4 nitrogen and oxygen atoms in total. The summed E-state index contributed by atoms with van der Waals surface area (Å²) >= 11 is 0. The van der Waals surface area contributed by atoms with Gasteiger partial charge in [-0.15, -0.1) is 0 Å². The maximum absolute atomic E-state index is 12.3. The van der Waals surface area contributed by atoms with Crippen molar-refractivity contribution in [2.24, 2.45) is 5.92 Å². The second-order valence-electron chi connectivity index (χ2n) is 4.90. The number of carbonyl (C=O) groups excluding carboxylic acids is 1. The van der Waals surface area contributed by atoms with Crippen molar-refractivity contribution >= 4 is 5.91 Å². The molecule has 20 heavy (non-hydrogen) atoms. The number of aliphatic hydroxyl groups is 1. The Morgan fingerprint density at radius 1 is 1.45 bits per heavy atom. The normalized spacial score (nSPS) is 17.7. The van der Waals surface area contributed by atoms with Crippen molar-refractivity contribution in [1.29, 1.82) is 0 Å². The molecule has 0 aromatic heterocycles. The van der Waals surface area contributed by atoms with Crippen LogP contribution in [0, 0.1) is 17.8 Å². The first-order chi connectivity index (χ1) is 9.74. The number of carbonyl (C=O) groups is 1. The number of methoxy groups -OCH3 is 1. The first kappa shape index (κ1) is 14.6. The van der Waals surface area contributed by atoms with Crippen LogP contribution < -0.4 is 0 Å². The molecular weight excluding hydrogens is 254 g/mol. The minimum Gasteiger partial charge on any atom is -0.384 e. The van der Waals surface area contributed by atoms with Crippen LogP contribution in [0.5, 0.6) is 0 Å². The van der Waals surface area contributed by atoms with Crippen LogP contribution in [0.3, 0.4) is 0 Å². The first-order valence-electron chi connectivity index (χ1n) is 6.72. The number of ether oxygens (including phenoxy) is 1. The summed E-state index contributed by atoms with van der Waals surface area (Å²) in [6.45, 7) is 2.10. The molecule has 1 heterocycles. The molecule has 1 aliphatic heterocycles. The van der Waals surface area contributed by atoms with E-state index in [2.05, 4.69) is 11.8 Å². The molecule has 1 aliphatic rings. The molecule has 4 heteroatoms. The van der Waals surface area contributed by atoms with Crippen molar-refractivity contribution in [2.45, 2.75) is 6.42 Å². The highest BCUT2D eigenvalue weighted by Crippen LogP contribution is 2.19. The van der Waals surface area contributed by atoms with Gasteiger partial charge in [0.15, 0.2) is 0 Å². The van der Waals surface area contributed by atoms with Crippen molar-refractivity contribution in [3.05, 3.63) is 35.4 Å². The van der Waals surface area contributed by atoms with Gasteiger partial charge in [0.2, 0.25) is 0 Å². The zero-order valence-electron chi connectivity index (χ0n) is 11.6. The second kappa shape index (κ2) is 7.09. The van der Waals surface area contributed by atoms with Crippen molar-refractivity contribution in [3.8, 4) is 11.8 Å². The molecule has 1 aromatic carbocycles. The predicted molar refractivity (Wildman–Crippen MR) is 76.3 cm³/mol. The lowest BCUT2D eigenvalue weighted by Crippen LogP contribution is -2.29. The molecule has 1 atom stereocenters. The standard InChI is InChI=1S/C16H19NO3/c1-20-12-14-8-9-17(11-14)16(19)15-6-4-13(5-7-15)3-2-10-18/h4-7,14,18H,8-12H2,1H3. The Morgan fingerprint density at radius 3 is 2.85 bits per heavy atom. The number of aliphatic hydroxyl groups excluding tert-OH is 1. The smallest absolute Gasteiger partial charge is 0.253 e. The van der Waals surface area contributed by atoms with Gasteiger partial charge in [-0.3, -0.25) is 4.79 Å². The zero-order valence-corrected chi connectivity index (χ0v) is 11.6. The van der Waals surface area contributed by atoms with Crippen LogP contribution >= 0.6 is 0 Å². The number of benzene rings is 1. The summed E-state index contributed by atoms with van der Waals surface area (Å²) in [5, 5.41) is 8.64. The quantitative estimate of drug-likeness (QED) is 0.840. The van der Waals surface area contributed by atoms with Crippen LogP contribution in [0.15, 0.2) is 24.3 Å². The fourth-order valence-corrected chi connectivity index (χ4v) is 2.41. The van der Waals surface area contributed by atoms with E-state index in [0.29, 0.717) is 18.1 Å². The van der Waals surface area contributed by atoms with Gasteiger partial charge in [0.05, 0.1) is 6.61 Å². The van der Waals surface area contributed by atoms with E-state index in [4.69, 9.17) is 9.84 Å². The largest absolute Gasteiger partial charge is 0.384 e. The Morgan fingerprint density at radius 2 is 2.20 bits per heavy atom. The van der Waals surface area contributed by atoms with Crippen LogP contribution in [-0.2, 0) is 4.74 Å². The van der Waals surface area contributed by atoms with Crippen LogP contribution in [0.4, 0.5) is 0 Å². The average Bonchev–Trinajstić information content (AvgIpc) is 2.94. The molecule has 1 N–H and O–H groups in total. The van der Waals surface area contributed by atoms with Crippen LogP contribution in [0.1, 0.15) is 22.3 Å². The molecule has 0 bridgehead atoms. The van der Waals surface area contributed by atoms with Gasteiger partial charge in [0.25, 0.3) is 5.91 Å². The molecule has 0 saturated carbocycles. The van der Waals surface area contributed by atoms with Crippen molar-refractivity contribution < 1.29 is 14.6 Å². The third-order valence-electron chi connectivity index (χ3n) is 3.42. The van der Waals surface area contributed by atoms with Crippen LogP contribution in [0.2, 0.25) is 0 Å². The minimum absolute atomic E-state index is 0.0604. The van der Waals surface area contributed by atoms with Gasteiger partial charge in [-0.2, -0.15) is 0 Å². The summed E-state index contributed by atoms with van der Waals surface area (Å²) in [4.78, 5) is 14.2. The zero-order chi connectivity index (χ0) is 14.4. The maximum atomic E-state index is 12.3. The molecule has 1 fully saturated rings. The van der Waals surface area contributed by atoms with Crippen molar-refractivity contribution in [3.63, 3.8) is 0 Å². The Balaban J connectivity index is 1.99. The van der Waals surface area contributed by atoms with Gasteiger partial charge in [-0.1, -0.05) is 11.8 Å². The van der Waals surface area contributed by atoms with Gasteiger partial charge in [0.1, 0.15) is 6.61 Å². The van der Waals surface area contributed by atoms with E-state index < -0.39 is 0 Å². The van der Waals surface area contributed by atoms with Gasteiger partial charge in [-0.05, 0) is 30.7 Å². The molecule has 106 valence electrons. The van der Waals surface area contributed by atoms with E-state index in [1.165, 1.54) is 0 Å². The topological polar surface area (TPSA) is 49.8 Å². The fraction of sp³-hybridized carbons (Fsp3) is 0.438. The second-order valence-corrected chi connectivity index (χ2v) is 4.90. The van der Waals surface area contributed by atoms with Gasteiger partial charge >= 0.3 is 0 Å². The number of likely N-dealkylation sites (tertiary alicyclic amines) is 1. The Hall–Kier alpha value is -1.83. The molecule has 1 unspecified atom stereocenters. The summed E-state index contributed by atoms with van der Waals surface area (Å²) < 4.78 is 5.14. The van der Waals surface area contributed by atoms with Gasteiger partial charge in [0, 0.05) is 37.2 Å². The molecule has 1 amide bonds. The highest BCUT2D eigenvalue weighted by molar-refractivity contribution is 5.94. The summed E-state index contributed by atoms with van der Waals surface area (Å²) in [7, 11) is 1.69. The van der Waals surface area contributed by atoms with Crippen molar-refractivity contribution in [1.82, 2.24) is 4.90 Å². The molecule has 0 aliphatic carbocycles. The molecule has 1 saturated heterocycles. The Labute approximate surface area is 119 Å². The summed E-state index contributed by atoms with van der Waals surface area (Å²) in [5.74, 6) is 5.90. The number of hydrogen-bond acceptors (Lipinski definition) is 3. The summed E-state index contributed by atoms with van der Waals surface area (Å²) in [6, 6.07) is 7.18. The molecule has 0 radical (unpaired) electrons. The molecule has 1 aromatic rings. The van der Waals surface area contributed by atoms with Gasteiger partial charge < -0.3 is 14.7 Å². The maximum Gasteiger partial charge on any atom is 0.253 e. The third-order valence-corrected chi connectivity index (χ3v) is 3.42. The van der Waals surface area contributed by atoms with E-state index >= 15 is 0 Å². The Bertz CT molecular complexity index is 513. The van der Waals surface area contributed by atoms with E-state index in [0.717, 1.165) is 25.1 Å². The first-order valence-corrected chi connectivity index (χ1v) is 6.72. The summed E-state index contributed by atoms with van der Waals surface area (Å²) in [5.41, 5.74) is 1.48.